The monoisotopic (exact) mass is 462 g/mol. The highest BCUT2D eigenvalue weighted by molar-refractivity contribution is 5.79. The molecule has 0 saturated heterocycles. The first-order valence-electron chi connectivity index (χ1n) is 11.5. The van der Waals surface area contributed by atoms with Crippen LogP contribution in [0.25, 0.3) is 16.7 Å². The molecular formula is C29H31FO4. The van der Waals surface area contributed by atoms with Gasteiger partial charge in [-0.1, -0.05) is 43.3 Å². The Hall–Kier alpha value is -3.60. The van der Waals surface area contributed by atoms with E-state index in [2.05, 4.69) is 0 Å². The Kier molecular flexibility index (Phi) is 8.47. The molecule has 0 fully saturated rings. The van der Waals surface area contributed by atoms with Crippen LogP contribution in [0, 0.1) is 5.82 Å². The van der Waals surface area contributed by atoms with Gasteiger partial charge >= 0.3 is 5.97 Å². The van der Waals surface area contributed by atoms with E-state index >= 15 is 0 Å². The van der Waals surface area contributed by atoms with E-state index in [0.717, 1.165) is 22.3 Å². The molecule has 0 aliphatic carbocycles. The maximum absolute atomic E-state index is 13.1. The van der Waals surface area contributed by atoms with Gasteiger partial charge < -0.3 is 14.2 Å². The number of benzene rings is 3. The van der Waals surface area contributed by atoms with Crippen LogP contribution >= 0.6 is 0 Å². The van der Waals surface area contributed by atoms with Gasteiger partial charge in [-0.15, -0.1) is 0 Å². The molecule has 0 radical (unpaired) electrons. The van der Waals surface area contributed by atoms with E-state index in [1.165, 1.54) is 12.1 Å². The van der Waals surface area contributed by atoms with Crippen molar-refractivity contribution in [2.75, 3.05) is 13.2 Å². The summed E-state index contributed by atoms with van der Waals surface area (Å²) in [5.41, 5.74) is 3.18. The van der Waals surface area contributed by atoms with Gasteiger partial charge in [0, 0.05) is 0 Å². The van der Waals surface area contributed by atoms with Crippen LogP contribution in [0.3, 0.4) is 0 Å². The molecule has 3 aromatic rings. The third kappa shape index (κ3) is 6.47. The first kappa shape index (κ1) is 25.0. The summed E-state index contributed by atoms with van der Waals surface area (Å²) >= 11 is 0. The Morgan fingerprint density at radius 3 is 2.00 bits per heavy atom. The molecule has 178 valence electrons. The van der Waals surface area contributed by atoms with Crippen LogP contribution in [-0.4, -0.2) is 24.8 Å². The Balaban J connectivity index is 1.56. The number of ether oxygens (including phenoxy) is 3. The number of carbonyl (C=O) groups excluding carboxylic acids is 1. The second-order valence-electron chi connectivity index (χ2n) is 8.16. The number of rotatable bonds is 10. The second-order valence-corrected chi connectivity index (χ2v) is 8.16. The van der Waals surface area contributed by atoms with Crippen molar-refractivity contribution >= 4 is 11.5 Å². The summed E-state index contributed by atoms with van der Waals surface area (Å²) in [6.45, 7) is 8.17. The predicted molar refractivity (Wildman–Crippen MR) is 133 cm³/mol. The van der Waals surface area contributed by atoms with Crippen molar-refractivity contribution in [2.45, 2.75) is 39.7 Å². The van der Waals surface area contributed by atoms with Gasteiger partial charge in [0.25, 0.3) is 0 Å². The highest BCUT2D eigenvalue weighted by Gasteiger charge is 2.35. The average molecular weight is 463 g/mol. The molecule has 4 nitrogen and oxygen atoms in total. The van der Waals surface area contributed by atoms with Crippen LogP contribution in [0.5, 0.6) is 11.5 Å². The Morgan fingerprint density at radius 1 is 0.882 bits per heavy atom. The summed E-state index contributed by atoms with van der Waals surface area (Å²) in [4.78, 5) is 12.2. The highest BCUT2D eigenvalue weighted by Crippen LogP contribution is 2.26. The Morgan fingerprint density at radius 2 is 1.44 bits per heavy atom. The SMILES string of the molecule is CCOC(=O)C(C)(CC)Oc1ccc(OC/C=C(\C)c2ccc(-c3ccc(F)cc3)cc2)cc1. The molecule has 0 N–H and O–H groups in total. The molecule has 1 atom stereocenters. The van der Waals surface area contributed by atoms with Gasteiger partial charge in [0.15, 0.2) is 0 Å². The van der Waals surface area contributed by atoms with E-state index in [-0.39, 0.29) is 11.8 Å². The third-order valence-electron chi connectivity index (χ3n) is 5.71. The van der Waals surface area contributed by atoms with Gasteiger partial charge in [0.05, 0.1) is 6.61 Å². The summed E-state index contributed by atoms with van der Waals surface area (Å²) in [7, 11) is 0. The molecule has 0 heterocycles. The van der Waals surface area contributed by atoms with Crippen LogP contribution in [0.4, 0.5) is 4.39 Å². The number of hydrogen-bond acceptors (Lipinski definition) is 4. The second kappa shape index (κ2) is 11.5. The van der Waals surface area contributed by atoms with Crippen molar-refractivity contribution in [2.24, 2.45) is 0 Å². The summed E-state index contributed by atoms with van der Waals surface area (Å²) in [6.07, 6.45) is 2.52. The van der Waals surface area contributed by atoms with Crippen molar-refractivity contribution < 1.29 is 23.4 Å². The van der Waals surface area contributed by atoms with Gasteiger partial charge in [-0.2, -0.15) is 0 Å². The molecule has 3 aromatic carbocycles. The predicted octanol–water partition coefficient (Wildman–Crippen LogP) is 7.09. The summed E-state index contributed by atoms with van der Waals surface area (Å²) < 4.78 is 30.0. The van der Waals surface area contributed by atoms with Crippen LogP contribution < -0.4 is 9.47 Å². The average Bonchev–Trinajstić information content (AvgIpc) is 2.85. The van der Waals surface area contributed by atoms with E-state index in [1.807, 2.05) is 56.3 Å². The minimum Gasteiger partial charge on any atom is -0.490 e. The summed E-state index contributed by atoms with van der Waals surface area (Å²) in [5.74, 6) is 0.677. The van der Waals surface area contributed by atoms with Crippen molar-refractivity contribution in [1.82, 2.24) is 0 Å². The molecule has 0 saturated carbocycles. The van der Waals surface area contributed by atoms with E-state index < -0.39 is 5.60 Å². The maximum Gasteiger partial charge on any atom is 0.350 e. The van der Waals surface area contributed by atoms with Crippen molar-refractivity contribution in [3.05, 3.63) is 90.3 Å². The molecule has 0 bridgehead atoms. The zero-order chi connectivity index (χ0) is 24.6. The van der Waals surface area contributed by atoms with Gasteiger partial charge in [-0.3, -0.25) is 0 Å². The zero-order valence-electron chi connectivity index (χ0n) is 20.1. The maximum atomic E-state index is 13.1. The third-order valence-corrected chi connectivity index (χ3v) is 5.71. The molecule has 0 aliphatic rings. The minimum absolute atomic E-state index is 0.238. The van der Waals surface area contributed by atoms with Crippen LogP contribution in [0.2, 0.25) is 0 Å². The first-order valence-corrected chi connectivity index (χ1v) is 11.5. The fourth-order valence-electron chi connectivity index (χ4n) is 3.35. The number of esters is 1. The zero-order valence-corrected chi connectivity index (χ0v) is 20.1. The van der Waals surface area contributed by atoms with Crippen LogP contribution in [0.15, 0.2) is 78.9 Å². The number of carbonyl (C=O) groups is 1. The van der Waals surface area contributed by atoms with E-state index in [4.69, 9.17) is 14.2 Å². The van der Waals surface area contributed by atoms with Crippen LogP contribution in [-0.2, 0) is 9.53 Å². The van der Waals surface area contributed by atoms with Crippen molar-refractivity contribution in [3.8, 4) is 22.6 Å². The van der Waals surface area contributed by atoms with Gasteiger partial charge in [0.2, 0.25) is 5.60 Å². The smallest absolute Gasteiger partial charge is 0.350 e. The molecule has 0 amide bonds. The fraction of sp³-hybridized carbons (Fsp3) is 0.276. The lowest BCUT2D eigenvalue weighted by Crippen LogP contribution is -2.42. The highest BCUT2D eigenvalue weighted by atomic mass is 19.1. The molecule has 0 aliphatic heterocycles. The number of hydrogen-bond donors (Lipinski definition) is 0. The molecule has 5 heteroatoms. The number of allylic oxidation sites excluding steroid dienone is 1. The summed E-state index contributed by atoms with van der Waals surface area (Å²) in [6, 6.07) is 21.8. The fourth-order valence-corrected chi connectivity index (χ4v) is 3.35. The van der Waals surface area contributed by atoms with Crippen LogP contribution in [0.1, 0.15) is 39.7 Å². The topological polar surface area (TPSA) is 44.8 Å². The lowest BCUT2D eigenvalue weighted by Gasteiger charge is -2.27. The quantitative estimate of drug-likeness (QED) is 0.302. The molecule has 0 aromatic heterocycles. The Bertz CT molecular complexity index is 1100. The molecular weight excluding hydrogens is 431 g/mol. The van der Waals surface area contributed by atoms with Gasteiger partial charge in [-0.05, 0) is 91.9 Å². The van der Waals surface area contributed by atoms with E-state index in [0.29, 0.717) is 31.1 Å². The standard InChI is InChI=1S/C29H31FO4/c1-5-29(4,28(31)32-6-2)34-27-17-15-26(16-18-27)33-20-19-21(3)22-7-9-23(10-8-22)24-11-13-25(30)14-12-24/h7-19H,5-6,20H2,1-4H3/b21-19+. The van der Waals surface area contributed by atoms with E-state index in [1.54, 1.807) is 38.1 Å². The lowest BCUT2D eigenvalue weighted by atomic mass is 10.0. The first-order chi connectivity index (χ1) is 16.3. The van der Waals surface area contributed by atoms with E-state index in [9.17, 15) is 9.18 Å². The van der Waals surface area contributed by atoms with Gasteiger partial charge in [-0.25, -0.2) is 9.18 Å². The molecule has 1 unspecified atom stereocenters. The van der Waals surface area contributed by atoms with Crippen molar-refractivity contribution in [1.29, 1.82) is 0 Å². The molecule has 3 rings (SSSR count). The lowest BCUT2D eigenvalue weighted by molar-refractivity contribution is -0.160. The Labute approximate surface area is 201 Å². The number of halogens is 1. The largest absolute Gasteiger partial charge is 0.490 e. The molecule has 34 heavy (non-hydrogen) atoms. The molecule has 0 spiro atoms. The minimum atomic E-state index is -1.02. The van der Waals surface area contributed by atoms with Crippen molar-refractivity contribution in [3.63, 3.8) is 0 Å². The van der Waals surface area contributed by atoms with Gasteiger partial charge in [0.1, 0.15) is 23.9 Å². The normalized spacial score (nSPS) is 13.1. The summed E-state index contributed by atoms with van der Waals surface area (Å²) in [5, 5.41) is 0.